The first kappa shape index (κ1) is 15.4. The Morgan fingerprint density at radius 3 is 1.92 bits per heavy atom. The Kier molecular flexibility index (Phi) is 3.62. The molecule has 1 aromatic heterocycles. The molecule has 0 saturated heterocycles. The monoisotopic (exact) mass is 350 g/mol. The molecule has 0 amide bonds. The molecule has 1 heteroatoms. The highest BCUT2D eigenvalue weighted by Crippen LogP contribution is 2.40. The van der Waals surface area contributed by atoms with Crippen LogP contribution in [0.25, 0.3) is 42.4 Å². The molecule has 4 aromatic carbocycles. The molecule has 5 rings (SSSR count). The lowest BCUT2D eigenvalue weighted by atomic mass is 9.97. The Morgan fingerprint density at radius 2 is 1.15 bits per heavy atom. The predicted octanol–water partition coefficient (Wildman–Crippen LogP) is 7.70. The Hall–Kier alpha value is -2.90. The number of fused-ring (bicyclic) bond motifs is 3. The van der Waals surface area contributed by atoms with Crippen molar-refractivity contribution < 1.29 is 0 Å². The van der Waals surface area contributed by atoms with E-state index in [2.05, 4.69) is 97.9 Å². The van der Waals surface area contributed by atoms with Gasteiger partial charge in [-0.3, -0.25) is 0 Å². The number of hydrogen-bond acceptors (Lipinski definition) is 1. The highest BCUT2D eigenvalue weighted by atomic mass is 32.1. The third-order valence-corrected chi connectivity index (χ3v) is 6.12. The van der Waals surface area contributed by atoms with Gasteiger partial charge in [0.05, 0.1) is 0 Å². The normalized spacial score (nSPS) is 11.3. The van der Waals surface area contributed by atoms with Crippen LogP contribution in [0.4, 0.5) is 0 Å². The fourth-order valence-corrected chi connectivity index (χ4v) is 4.74. The molecular formula is C25H18S. The lowest BCUT2D eigenvalue weighted by Gasteiger charge is -2.07. The van der Waals surface area contributed by atoms with Gasteiger partial charge in [0.15, 0.2) is 0 Å². The quantitative estimate of drug-likeness (QED) is 0.306. The van der Waals surface area contributed by atoms with Crippen molar-refractivity contribution in [2.75, 3.05) is 0 Å². The minimum absolute atomic E-state index is 1.26. The fraction of sp³-hybridized carbons (Fsp3) is 0.0400. The molecule has 0 fully saturated rings. The fourth-order valence-electron chi connectivity index (χ4n) is 3.60. The van der Waals surface area contributed by atoms with Gasteiger partial charge in [0.25, 0.3) is 0 Å². The third-order valence-electron chi connectivity index (χ3n) is 4.98. The summed E-state index contributed by atoms with van der Waals surface area (Å²) >= 11 is 1.87. The second kappa shape index (κ2) is 6.12. The highest BCUT2D eigenvalue weighted by Gasteiger charge is 2.10. The first-order chi connectivity index (χ1) is 12.8. The van der Waals surface area contributed by atoms with Crippen molar-refractivity contribution in [1.29, 1.82) is 0 Å². The zero-order valence-electron chi connectivity index (χ0n) is 14.6. The molecule has 0 nitrogen and oxygen atoms in total. The van der Waals surface area contributed by atoms with Gasteiger partial charge in [-0.05, 0) is 41.3 Å². The molecule has 0 aliphatic heterocycles. The van der Waals surface area contributed by atoms with E-state index in [1.165, 1.54) is 48.0 Å². The molecule has 0 atom stereocenters. The molecule has 5 aromatic rings. The van der Waals surface area contributed by atoms with Crippen LogP contribution in [0.1, 0.15) is 5.56 Å². The molecule has 0 unspecified atom stereocenters. The second-order valence-corrected chi connectivity index (χ2v) is 7.80. The van der Waals surface area contributed by atoms with Crippen LogP contribution in [0.5, 0.6) is 0 Å². The lowest BCUT2D eigenvalue weighted by Crippen LogP contribution is -1.82. The average Bonchev–Trinajstić information content (AvgIpc) is 3.07. The van der Waals surface area contributed by atoms with Crippen LogP contribution in [0.3, 0.4) is 0 Å². The number of benzene rings is 4. The van der Waals surface area contributed by atoms with Gasteiger partial charge in [-0.2, -0.15) is 0 Å². The van der Waals surface area contributed by atoms with E-state index in [9.17, 15) is 0 Å². The van der Waals surface area contributed by atoms with Gasteiger partial charge in [0.2, 0.25) is 0 Å². The maximum atomic E-state index is 2.25. The Balaban J connectivity index is 1.65. The SMILES string of the molecule is Cc1ccc(-c2ccc(-c3cccc4sc5ccccc5c34)cc2)cc1. The highest BCUT2D eigenvalue weighted by molar-refractivity contribution is 7.25. The second-order valence-electron chi connectivity index (χ2n) is 6.72. The Labute approximate surface area is 157 Å². The smallest absolute Gasteiger partial charge is 0.0361 e. The number of hydrogen-bond donors (Lipinski definition) is 0. The minimum atomic E-state index is 1.26. The van der Waals surface area contributed by atoms with E-state index in [4.69, 9.17) is 0 Å². The van der Waals surface area contributed by atoms with Crippen LogP contribution in [-0.2, 0) is 0 Å². The Bertz CT molecular complexity index is 1210. The number of aryl methyl sites for hydroxylation is 1. The lowest BCUT2D eigenvalue weighted by molar-refractivity contribution is 1.47. The molecule has 0 aliphatic carbocycles. The molecule has 0 bridgehead atoms. The maximum Gasteiger partial charge on any atom is 0.0361 e. The van der Waals surface area contributed by atoms with Crippen LogP contribution in [0, 0.1) is 6.92 Å². The summed E-state index contributed by atoms with van der Waals surface area (Å²) in [6.07, 6.45) is 0. The summed E-state index contributed by atoms with van der Waals surface area (Å²) in [6, 6.07) is 33.0. The van der Waals surface area contributed by atoms with Crippen molar-refractivity contribution >= 4 is 31.5 Å². The number of thiophene rings is 1. The summed E-state index contributed by atoms with van der Waals surface area (Å²) in [5.74, 6) is 0. The van der Waals surface area contributed by atoms with Crippen LogP contribution >= 0.6 is 11.3 Å². The van der Waals surface area contributed by atoms with Crippen molar-refractivity contribution in [2.24, 2.45) is 0 Å². The summed E-state index contributed by atoms with van der Waals surface area (Å²) in [7, 11) is 0. The van der Waals surface area contributed by atoms with Gasteiger partial charge in [0.1, 0.15) is 0 Å². The van der Waals surface area contributed by atoms with E-state index in [0.29, 0.717) is 0 Å². The van der Waals surface area contributed by atoms with Gasteiger partial charge >= 0.3 is 0 Å². The van der Waals surface area contributed by atoms with Crippen LogP contribution in [-0.4, -0.2) is 0 Å². The zero-order chi connectivity index (χ0) is 17.5. The standard InChI is InChI=1S/C25H18S/c1-17-9-11-18(12-10-17)19-13-15-20(16-14-19)21-6-4-8-24-25(21)22-5-2-3-7-23(22)26-24/h2-16H,1H3. The van der Waals surface area contributed by atoms with E-state index in [1.54, 1.807) is 0 Å². The zero-order valence-corrected chi connectivity index (χ0v) is 15.4. The summed E-state index contributed by atoms with van der Waals surface area (Å²) in [5, 5.41) is 2.72. The van der Waals surface area contributed by atoms with Crippen molar-refractivity contribution in [3.63, 3.8) is 0 Å². The van der Waals surface area contributed by atoms with E-state index in [1.807, 2.05) is 11.3 Å². The van der Waals surface area contributed by atoms with Crippen molar-refractivity contribution in [3.05, 3.63) is 96.6 Å². The molecule has 1 heterocycles. The van der Waals surface area contributed by atoms with Gasteiger partial charge in [0, 0.05) is 20.2 Å². The Morgan fingerprint density at radius 1 is 0.538 bits per heavy atom. The van der Waals surface area contributed by atoms with Crippen molar-refractivity contribution in [1.82, 2.24) is 0 Å². The van der Waals surface area contributed by atoms with Crippen LogP contribution in [0.15, 0.2) is 91.0 Å². The van der Waals surface area contributed by atoms with Gasteiger partial charge < -0.3 is 0 Å². The van der Waals surface area contributed by atoms with E-state index in [0.717, 1.165) is 0 Å². The van der Waals surface area contributed by atoms with Gasteiger partial charge in [-0.25, -0.2) is 0 Å². The van der Waals surface area contributed by atoms with E-state index in [-0.39, 0.29) is 0 Å². The summed E-state index contributed by atoms with van der Waals surface area (Å²) < 4.78 is 2.71. The molecule has 0 N–H and O–H groups in total. The molecule has 0 spiro atoms. The maximum absolute atomic E-state index is 2.25. The average molecular weight is 350 g/mol. The van der Waals surface area contributed by atoms with Crippen molar-refractivity contribution in [3.8, 4) is 22.3 Å². The topological polar surface area (TPSA) is 0 Å². The molecule has 0 saturated carbocycles. The minimum Gasteiger partial charge on any atom is -0.135 e. The first-order valence-electron chi connectivity index (χ1n) is 8.87. The third kappa shape index (κ3) is 2.53. The van der Waals surface area contributed by atoms with Crippen molar-refractivity contribution in [2.45, 2.75) is 6.92 Å². The first-order valence-corrected chi connectivity index (χ1v) is 9.69. The molecule has 0 aliphatic rings. The molecule has 124 valence electrons. The van der Waals surface area contributed by atoms with Crippen LogP contribution < -0.4 is 0 Å². The summed E-state index contributed by atoms with van der Waals surface area (Å²) in [5.41, 5.74) is 6.41. The van der Waals surface area contributed by atoms with Crippen LogP contribution in [0.2, 0.25) is 0 Å². The summed E-state index contributed by atoms with van der Waals surface area (Å²) in [6.45, 7) is 2.12. The number of rotatable bonds is 2. The summed E-state index contributed by atoms with van der Waals surface area (Å²) in [4.78, 5) is 0. The largest absolute Gasteiger partial charge is 0.135 e. The van der Waals surface area contributed by atoms with Gasteiger partial charge in [-0.1, -0.05) is 84.4 Å². The van der Waals surface area contributed by atoms with E-state index < -0.39 is 0 Å². The molecular weight excluding hydrogens is 332 g/mol. The van der Waals surface area contributed by atoms with E-state index >= 15 is 0 Å². The van der Waals surface area contributed by atoms with Gasteiger partial charge in [-0.15, -0.1) is 11.3 Å². The molecule has 26 heavy (non-hydrogen) atoms. The molecule has 0 radical (unpaired) electrons. The predicted molar refractivity (Wildman–Crippen MR) is 115 cm³/mol.